The van der Waals surface area contributed by atoms with E-state index in [0.29, 0.717) is 17.0 Å². The van der Waals surface area contributed by atoms with Crippen molar-refractivity contribution in [1.29, 1.82) is 5.26 Å². The number of hydrogen-bond acceptors (Lipinski definition) is 4. The first-order valence-corrected chi connectivity index (χ1v) is 7.39. The van der Waals surface area contributed by atoms with E-state index in [1.165, 1.54) is 0 Å². The van der Waals surface area contributed by atoms with Crippen LogP contribution in [0.15, 0.2) is 48.5 Å². The minimum absolute atomic E-state index is 0.225. The van der Waals surface area contributed by atoms with Crippen LogP contribution in [0.25, 0.3) is 5.69 Å². The summed E-state index contributed by atoms with van der Waals surface area (Å²) in [7, 11) is 0. The molecule has 0 aliphatic carbocycles. The number of nitriles is 1. The maximum absolute atomic E-state index is 12.5. The van der Waals surface area contributed by atoms with E-state index in [4.69, 9.17) is 5.26 Å². The lowest BCUT2D eigenvalue weighted by Crippen LogP contribution is -2.15. The zero-order valence-corrected chi connectivity index (χ0v) is 13.3. The minimum atomic E-state index is -0.338. The second-order valence-electron chi connectivity index (χ2n) is 5.33. The first-order chi connectivity index (χ1) is 11.6. The van der Waals surface area contributed by atoms with Crippen LogP contribution in [0, 0.1) is 25.2 Å². The van der Waals surface area contributed by atoms with Crippen LogP contribution >= 0.6 is 0 Å². The Kier molecular flexibility index (Phi) is 4.08. The van der Waals surface area contributed by atoms with Crippen molar-refractivity contribution in [3.05, 3.63) is 71.0 Å². The van der Waals surface area contributed by atoms with Crippen LogP contribution < -0.4 is 5.32 Å². The van der Waals surface area contributed by atoms with Gasteiger partial charge in [-0.1, -0.05) is 24.3 Å². The Bertz CT molecular complexity index is 938. The number of nitrogens with zero attached hydrogens (tertiary/aromatic N) is 4. The zero-order valence-electron chi connectivity index (χ0n) is 13.3. The van der Waals surface area contributed by atoms with E-state index < -0.39 is 0 Å². The van der Waals surface area contributed by atoms with Gasteiger partial charge in [0.25, 0.3) is 5.91 Å². The van der Waals surface area contributed by atoms with Gasteiger partial charge in [-0.3, -0.25) is 10.1 Å². The van der Waals surface area contributed by atoms with Gasteiger partial charge in [0.15, 0.2) is 0 Å². The van der Waals surface area contributed by atoms with Crippen LogP contribution in [0.3, 0.4) is 0 Å². The number of anilines is 1. The molecule has 0 aliphatic rings. The van der Waals surface area contributed by atoms with Gasteiger partial charge in [0.05, 0.1) is 17.3 Å². The summed E-state index contributed by atoms with van der Waals surface area (Å²) in [5.74, 6) is 0.553. The standard InChI is InChI=1S/C18H15N5O/c1-12-8-9-14(11-19)10-16(12)17(24)21-18-20-13(2)23(22-18)15-6-4-3-5-7-15/h3-10H,1-2H3,(H,21,22,24). The summed E-state index contributed by atoms with van der Waals surface area (Å²) < 4.78 is 1.66. The summed E-state index contributed by atoms with van der Waals surface area (Å²) in [6.45, 7) is 3.63. The fraction of sp³-hybridized carbons (Fsp3) is 0.111. The van der Waals surface area contributed by atoms with Crippen molar-refractivity contribution in [2.75, 3.05) is 5.32 Å². The molecule has 1 amide bonds. The molecule has 1 N–H and O–H groups in total. The molecule has 1 aromatic heterocycles. The van der Waals surface area contributed by atoms with E-state index >= 15 is 0 Å². The Labute approximate surface area is 139 Å². The van der Waals surface area contributed by atoms with Crippen molar-refractivity contribution in [2.45, 2.75) is 13.8 Å². The van der Waals surface area contributed by atoms with Gasteiger partial charge in [0.1, 0.15) is 5.82 Å². The molecule has 118 valence electrons. The van der Waals surface area contributed by atoms with Crippen LogP contribution in [0.1, 0.15) is 27.3 Å². The van der Waals surface area contributed by atoms with E-state index in [-0.39, 0.29) is 11.9 Å². The minimum Gasteiger partial charge on any atom is -0.289 e. The summed E-state index contributed by atoms with van der Waals surface area (Å²) in [5.41, 5.74) is 2.52. The molecule has 0 atom stereocenters. The lowest BCUT2D eigenvalue weighted by atomic mass is 10.1. The maximum Gasteiger partial charge on any atom is 0.258 e. The third kappa shape index (κ3) is 3.01. The molecule has 2 aromatic carbocycles. The predicted octanol–water partition coefficient (Wildman–Crippen LogP) is 3.01. The van der Waals surface area contributed by atoms with Gasteiger partial charge in [-0.2, -0.15) is 10.2 Å². The number of rotatable bonds is 3. The Morgan fingerprint density at radius 3 is 2.62 bits per heavy atom. The molecular formula is C18H15N5O. The Morgan fingerprint density at radius 1 is 1.17 bits per heavy atom. The molecule has 3 aromatic rings. The van der Waals surface area contributed by atoms with Crippen LogP contribution in [-0.4, -0.2) is 20.7 Å². The summed E-state index contributed by atoms with van der Waals surface area (Å²) in [6, 6.07) is 16.6. The normalized spacial score (nSPS) is 10.2. The lowest BCUT2D eigenvalue weighted by Gasteiger charge is -2.05. The van der Waals surface area contributed by atoms with Gasteiger partial charge < -0.3 is 0 Å². The smallest absolute Gasteiger partial charge is 0.258 e. The van der Waals surface area contributed by atoms with Gasteiger partial charge >= 0.3 is 0 Å². The molecule has 0 aliphatic heterocycles. The first kappa shape index (κ1) is 15.4. The van der Waals surface area contributed by atoms with E-state index in [0.717, 1.165) is 11.3 Å². The van der Waals surface area contributed by atoms with Gasteiger partial charge in [-0.15, -0.1) is 5.10 Å². The van der Waals surface area contributed by atoms with Crippen LogP contribution in [0.2, 0.25) is 0 Å². The number of para-hydroxylation sites is 1. The molecule has 0 saturated carbocycles. The Morgan fingerprint density at radius 2 is 1.92 bits per heavy atom. The number of aryl methyl sites for hydroxylation is 2. The van der Waals surface area contributed by atoms with Crippen molar-refractivity contribution in [2.24, 2.45) is 0 Å². The monoisotopic (exact) mass is 317 g/mol. The number of benzene rings is 2. The van der Waals surface area contributed by atoms with Crippen molar-refractivity contribution in [1.82, 2.24) is 14.8 Å². The van der Waals surface area contributed by atoms with E-state index in [9.17, 15) is 4.79 Å². The third-order valence-electron chi connectivity index (χ3n) is 3.61. The lowest BCUT2D eigenvalue weighted by molar-refractivity contribution is 0.102. The number of hydrogen-bond donors (Lipinski definition) is 1. The average Bonchev–Trinajstić information content (AvgIpc) is 2.96. The van der Waals surface area contributed by atoms with Gasteiger partial charge in [0, 0.05) is 5.56 Å². The molecule has 6 nitrogen and oxygen atoms in total. The van der Waals surface area contributed by atoms with Gasteiger partial charge in [-0.05, 0) is 43.7 Å². The highest BCUT2D eigenvalue weighted by molar-refractivity contribution is 6.04. The molecule has 3 rings (SSSR count). The van der Waals surface area contributed by atoms with E-state index in [1.54, 1.807) is 22.9 Å². The van der Waals surface area contributed by atoms with Crippen LogP contribution in [-0.2, 0) is 0 Å². The fourth-order valence-corrected chi connectivity index (χ4v) is 2.36. The van der Waals surface area contributed by atoms with Gasteiger partial charge in [-0.25, -0.2) is 4.68 Å². The molecule has 24 heavy (non-hydrogen) atoms. The largest absolute Gasteiger partial charge is 0.289 e. The molecule has 1 heterocycles. The molecule has 0 spiro atoms. The first-order valence-electron chi connectivity index (χ1n) is 7.39. The number of amides is 1. The number of aromatic nitrogens is 3. The molecule has 0 radical (unpaired) electrons. The van der Waals surface area contributed by atoms with Crippen molar-refractivity contribution in [3.63, 3.8) is 0 Å². The highest BCUT2D eigenvalue weighted by atomic mass is 16.1. The van der Waals surface area contributed by atoms with Crippen LogP contribution in [0.4, 0.5) is 5.95 Å². The molecule has 6 heteroatoms. The second kappa shape index (κ2) is 6.34. The number of nitrogens with one attached hydrogen (secondary N) is 1. The van der Waals surface area contributed by atoms with E-state index in [2.05, 4.69) is 15.4 Å². The molecule has 0 fully saturated rings. The van der Waals surface area contributed by atoms with Gasteiger partial charge in [0.2, 0.25) is 5.95 Å². The molecule has 0 bridgehead atoms. The number of carbonyl (C=O) groups is 1. The van der Waals surface area contributed by atoms with Crippen molar-refractivity contribution in [3.8, 4) is 11.8 Å². The quantitative estimate of drug-likeness (QED) is 0.805. The second-order valence-corrected chi connectivity index (χ2v) is 5.33. The molecular weight excluding hydrogens is 302 g/mol. The Hall–Kier alpha value is -3.46. The fourth-order valence-electron chi connectivity index (χ4n) is 2.36. The SMILES string of the molecule is Cc1ccc(C#N)cc1C(=O)Nc1nc(C)n(-c2ccccc2)n1. The topological polar surface area (TPSA) is 83.6 Å². The van der Waals surface area contributed by atoms with Crippen molar-refractivity contribution >= 4 is 11.9 Å². The maximum atomic E-state index is 12.5. The number of carbonyl (C=O) groups excluding carboxylic acids is 1. The summed E-state index contributed by atoms with van der Waals surface area (Å²) >= 11 is 0. The van der Waals surface area contributed by atoms with Crippen molar-refractivity contribution < 1.29 is 4.79 Å². The average molecular weight is 317 g/mol. The molecule has 0 saturated heterocycles. The highest BCUT2D eigenvalue weighted by Crippen LogP contribution is 2.15. The Balaban J connectivity index is 1.87. The summed E-state index contributed by atoms with van der Waals surface area (Å²) in [5, 5.41) is 16.0. The highest BCUT2D eigenvalue weighted by Gasteiger charge is 2.14. The zero-order chi connectivity index (χ0) is 17.1. The van der Waals surface area contributed by atoms with Crippen LogP contribution in [0.5, 0.6) is 0 Å². The molecule has 0 unspecified atom stereocenters. The summed E-state index contributed by atoms with van der Waals surface area (Å²) in [6.07, 6.45) is 0. The third-order valence-corrected chi connectivity index (χ3v) is 3.61. The van der Waals surface area contributed by atoms with E-state index in [1.807, 2.05) is 50.2 Å². The predicted molar refractivity (Wildman–Crippen MR) is 89.9 cm³/mol. The summed E-state index contributed by atoms with van der Waals surface area (Å²) in [4.78, 5) is 16.7.